The first-order valence-corrected chi connectivity index (χ1v) is 6.91. The fraction of sp³-hybridized carbons (Fsp3) is 0.533. The molecule has 102 valence electrons. The van der Waals surface area contributed by atoms with E-state index >= 15 is 0 Å². The highest BCUT2D eigenvalue weighted by Gasteiger charge is 2.39. The van der Waals surface area contributed by atoms with E-state index < -0.39 is 0 Å². The van der Waals surface area contributed by atoms with E-state index in [1.54, 1.807) is 0 Å². The molecule has 4 heteroatoms. The maximum absolute atomic E-state index is 12.6. The number of hydrogen-bond acceptors (Lipinski definition) is 3. The summed E-state index contributed by atoms with van der Waals surface area (Å²) in [5.41, 5.74) is 1.14. The molecule has 0 unspecified atom stereocenters. The largest absolute Gasteiger partial charge is 0.480 e. The Morgan fingerprint density at radius 2 is 2.21 bits per heavy atom. The number of carbonyl (C=O) groups excluding carboxylic acids is 1. The lowest BCUT2D eigenvalue weighted by atomic mass is 9.96. The van der Waals surface area contributed by atoms with Crippen molar-refractivity contribution in [3.63, 3.8) is 0 Å². The van der Waals surface area contributed by atoms with Gasteiger partial charge in [-0.1, -0.05) is 25.1 Å². The van der Waals surface area contributed by atoms with Gasteiger partial charge in [-0.15, -0.1) is 0 Å². The van der Waals surface area contributed by atoms with E-state index in [9.17, 15) is 4.79 Å². The van der Waals surface area contributed by atoms with Crippen molar-refractivity contribution in [2.45, 2.75) is 31.4 Å². The molecule has 0 radical (unpaired) electrons. The van der Waals surface area contributed by atoms with Gasteiger partial charge in [-0.05, 0) is 19.0 Å². The molecule has 0 saturated carbocycles. The van der Waals surface area contributed by atoms with Crippen molar-refractivity contribution in [3.05, 3.63) is 29.8 Å². The Kier molecular flexibility index (Phi) is 3.19. The van der Waals surface area contributed by atoms with Gasteiger partial charge in [-0.3, -0.25) is 4.79 Å². The van der Waals surface area contributed by atoms with E-state index in [4.69, 9.17) is 4.74 Å². The standard InChI is InChI=1S/C15H20N2O2/c1-10-12-5-3-4-6-13(12)19-14(10)15(18)17(2)11-7-8-16-9-11/h3-6,10-11,14,16H,7-9H2,1-2H3/t10-,11-,14-/m1/s1. The second kappa shape index (κ2) is 4.85. The lowest BCUT2D eigenvalue weighted by molar-refractivity contribution is -0.139. The van der Waals surface area contributed by atoms with Crippen molar-refractivity contribution in [1.29, 1.82) is 0 Å². The third kappa shape index (κ3) is 2.10. The number of likely N-dealkylation sites (N-methyl/N-ethyl adjacent to an activating group) is 1. The molecule has 3 atom stereocenters. The van der Waals surface area contributed by atoms with Crippen molar-refractivity contribution >= 4 is 5.91 Å². The average Bonchev–Trinajstić information content (AvgIpc) is 3.06. The van der Waals surface area contributed by atoms with E-state index in [1.165, 1.54) is 0 Å². The predicted octanol–water partition coefficient (Wildman–Crippen LogP) is 1.37. The zero-order valence-corrected chi connectivity index (χ0v) is 11.4. The van der Waals surface area contributed by atoms with Gasteiger partial charge in [0, 0.05) is 31.1 Å². The fourth-order valence-electron chi connectivity index (χ4n) is 2.98. The molecule has 1 fully saturated rings. The molecule has 0 aliphatic carbocycles. The summed E-state index contributed by atoms with van der Waals surface area (Å²) in [5.74, 6) is 1.07. The molecular weight excluding hydrogens is 240 g/mol. The van der Waals surface area contributed by atoms with Crippen molar-refractivity contribution < 1.29 is 9.53 Å². The monoisotopic (exact) mass is 260 g/mol. The van der Waals surface area contributed by atoms with Gasteiger partial charge < -0.3 is 15.0 Å². The van der Waals surface area contributed by atoms with E-state index in [0.29, 0.717) is 6.04 Å². The van der Waals surface area contributed by atoms with E-state index in [2.05, 4.69) is 12.2 Å². The summed E-state index contributed by atoms with van der Waals surface area (Å²) in [6.45, 7) is 3.94. The van der Waals surface area contributed by atoms with Crippen LogP contribution in [0.3, 0.4) is 0 Å². The number of carbonyl (C=O) groups is 1. The molecule has 2 heterocycles. The second-order valence-electron chi connectivity index (χ2n) is 5.46. The molecule has 0 aromatic heterocycles. The number of nitrogens with one attached hydrogen (secondary N) is 1. The van der Waals surface area contributed by atoms with E-state index in [0.717, 1.165) is 30.8 Å². The van der Waals surface area contributed by atoms with E-state index in [1.807, 2.05) is 36.2 Å². The van der Waals surface area contributed by atoms with Gasteiger partial charge in [0.05, 0.1) is 0 Å². The van der Waals surface area contributed by atoms with Crippen LogP contribution < -0.4 is 10.1 Å². The molecule has 1 aromatic carbocycles. The molecule has 1 saturated heterocycles. The van der Waals surface area contributed by atoms with Crippen LogP contribution in [0.4, 0.5) is 0 Å². The smallest absolute Gasteiger partial charge is 0.264 e. The molecule has 1 amide bonds. The van der Waals surface area contributed by atoms with Crippen molar-refractivity contribution in [2.24, 2.45) is 0 Å². The first kappa shape index (κ1) is 12.5. The summed E-state index contributed by atoms with van der Waals surface area (Å²) in [6, 6.07) is 8.23. The minimum Gasteiger partial charge on any atom is -0.480 e. The third-order valence-electron chi connectivity index (χ3n) is 4.29. The van der Waals surface area contributed by atoms with Gasteiger partial charge in [0.15, 0.2) is 6.10 Å². The van der Waals surface area contributed by atoms with Crippen molar-refractivity contribution in [3.8, 4) is 5.75 Å². The SMILES string of the molecule is C[C@@H]1c2ccccc2O[C@H]1C(=O)N(C)[C@@H]1CCNC1. The van der Waals surface area contributed by atoms with Gasteiger partial charge in [-0.2, -0.15) is 0 Å². The minimum absolute atomic E-state index is 0.0948. The number of rotatable bonds is 2. The summed E-state index contributed by atoms with van der Waals surface area (Å²) >= 11 is 0. The molecular formula is C15H20N2O2. The number of benzene rings is 1. The number of hydrogen-bond donors (Lipinski definition) is 1. The second-order valence-corrected chi connectivity index (χ2v) is 5.46. The Morgan fingerprint density at radius 1 is 1.42 bits per heavy atom. The Morgan fingerprint density at radius 3 is 2.89 bits per heavy atom. The zero-order valence-electron chi connectivity index (χ0n) is 11.4. The number of nitrogens with zero attached hydrogens (tertiary/aromatic N) is 1. The zero-order chi connectivity index (χ0) is 13.4. The van der Waals surface area contributed by atoms with Crippen LogP contribution in [0, 0.1) is 0 Å². The van der Waals surface area contributed by atoms with Crippen molar-refractivity contribution in [1.82, 2.24) is 10.2 Å². The Labute approximate surface area is 113 Å². The molecule has 2 aliphatic heterocycles. The third-order valence-corrected chi connectivity index (χ3v) is 4.29. The number of para-hydroxylation sites is 1. The lowest BCUT2D eigenvalue weighted by Crippen LogP contribution is -2.46. The molecule has 0 bridgehead atoms. The summed E-state index contributed by atoms with van der Waals surface area (Å²) in [5, 5.41) is 3.29. The summed E-state index contributed by atoms with van der Waals surface area (Å²) in [4.78, 5) is 14.4. The van der Waals surface area contributed by atoms with Gasteiger partial charge in [0.25, 0.3) is 5.91 Å². The number of fused-ring (bicyclic) bond motifs is 1. The molecule has 19 heavy (non-hydrogen) atoms. The van der Waals surface area contributed by atoms with Crippen LogP contribution in [0.25, 0.3) is 0 Å². The van der Waals surface area contributed by atoms with Crippen LogP contribution in [0.1, 0.15) is 24.8 Å². The van der Waals surface area contributed by atoms with Gasteiger partial charge in [0.1, 0.15) is 5.75 Å². The van der Waals surface area contributed by atoms with Crippen LogP contribution in [-0.2, 0) is 4.79 Å². The maximum atomic E-state index is 12.6. The van der Waals surface area contributed by atoms with Gasteiger partial charge in [-0.25, -0.2) is 0 Å². The van der Waals surface area contributed by atoms with E-state index in [-0.39, 0.29) is 17.9 Å². The normalized spacial score (nSPS) is 28.8. The topological polar surface area (TPSA) is 41.6 Å². The van der Waals surface area contributed by atoms with Crippen LogP contribution in [0.15, 0.2) is 24.3 Å². The summed E-state index contributed by atoms with van der Waals surface area (Å²) in [6.07, 6.45) is 0.652. The summed E-state index contributed by atoms with van der Waals surface area (Å²) in [7, 11) is 1.89. The first-order chi connectivity index (χ1) is 9.18. The van der Waals surface area contributed by atoms with Crippen LogP contribution in [0.2, 0.25) is 0 Å². The van der Waals surface area contributed by atoms with Crippen LogP contribution in [-0.4, -0.2) is 43.1 Å². The quantitative estimate of drug-likeness (QED) is 0.873. The lowest BCUT2D eigenvalue weighted by Gasteiger charge is -2.27. The van der Waals surface area contributed by atoms with Crippen molar-refractivity contribution in [2.75, 3.05) is 20.1 Å². The Hall–Kier alpha value is -1.55. The molecule has 1 N–H and O–H groups in total. The molecule has 0 spiro atoms. The number of ether oxygens (including phenoxy) is 1. The molecule has 4 nitrogen and oxygen atoms in total. The van der Waals surface area contributed by atoms with Crippen LogP contribution in [0.5, 0.6) is 5.75 Å². The first-order valence-electron chi connectivity index (χ1n) is 6.91. The van der Waals surface area contributed by atoms with Gasteiger partial charge >= 0.3 is 0 Å². The predicted molar refractivity (Wildman–Crippen MR) is 73.3 cm³/mol. The highest BCUT2D eigenvalue weighted by atomic mass is 16.5. The molecule has 3 rings (SSSR count). The van der Waals surface area contributed by atoms with Crippen LogP contribution >= 0.6 is 0 Å². The Bertz CT molecular complexity index is 483. The Balaban J connectivity index is 1.75. The highest BCUT2D eigenvalue weighted by Crippen LogP contribution is 2.38. The minimum atomic E-state index is -0.372. The molecule has 1 aromatic rings. The van der Waals surface area contributed by atoms with Gasteiger partial charge in [0.2, 0.25) is 0 Å². The fourth-order valence-corrected chi connectivity index (χ4v) is 2.98. The number of amides is 1. The average molecular weight is 260 g/mol. The summed E-state index contributed by atoms with van der Waals surface area (Å²) < 4.78 is 5.85. The molecule has 2 aliphatic rings. The highest BCUT2D eigenvalue weighted by molar-refractivity contribution is 5.83. The maximum Gasteiger partial charge on any atom is 0.264 e.